The molecule has 0 saturated carbocycles. The van der Waals surface area contributed by atoms with Gasteiger partial charge in [-0.15, -0.1) is 0 Å². The number of quaternary nitrogens is 1. The molecular formula is C19H16F3N2O3S+. The molecule has 0 radical (unpaired) electrons. The number of ether oxygens (including phenoxy) is 2. The van der Waals surface area contributed by atoms with Gasteiger partial charge in [-0.1, -0.05) is 22.5 Å². The number of benzene rings is 1. The molecule has 4 rings (SSSR count). The van der Waals surface area contributed by atoms with Gasteiger partial charge in [0.1, 0.15) is 10.6 Å². The van der Waals surface area contributed by atoms with Crippen LogP contribution in [0.3, 0.4) is 0 Å². The van der Waals surface area contributed by atoms with E-state index in [1.807, 2.05) is 0 Å². The van der Waals surface area contributed by atoms with Gasteiger partial charge in [0.25, 0.3) is 0 Å². The predicted molar refractivity (Wildman–Crippen MR) is 97.5 cm³/mol. The molecule has 28 heavy (non-hydrogen) atoms. The molecule has 0 saturated heterocycles. The number of allylic oxidation sites excluding steroid dienone is 1. The summed E-state index contributed by atoms with van der Waals surface area (Å²) in [5.74, 6) is -0.397. The van der Waals surface area contributed by atoms with Crippen molar-refractivity contribution >= 4 is 29.2 Å². The quantitative estimate of drug-likeness (QED) is 0.614. The summed E-state index contributed by atoms with van der Waals surface area (Å²) in [6, 6.07) is 4.68. The van der Waals surface area contributed by atoms with Gasteiger partial charge in [0.05, 0.1) is 23.9 Å². The molecule has 0 fully saturated rings. The van der Waals surface area contributed by atoms with E-state index >= 15 is 0 Å². The molecule has 1 aliphatic carbocycles. The number of carbonyl (C=O) groups excluding carboxylic acids is 1. The van der Waals surface area contributed by atoms with Gasteiger partial charge in [0.15, 0.2) is 10.8 Å². The normalized spacial score (nSPS) is 15.4. The van der Waals surface area contributed by atoms with Crippen molar-refractivity contribution in [3.05, 3.63) is 51.4 Å². The summed E-state index contributed by atoms with van der Waals surface area (Å²) in [5, 5.41) is 4.54. The topological polar surface area (TPSA) is 64.5 Å². The summed E-state index contributed by atoms with van der Waals surface area (Å²) in [5.41, 5.74) is 4.27. The van der Waals surface area contributed by atoms with Crippen molar-refractivity contribution in [2.75, 3.05) is 6.61 Å². The lowest BCUT2D eigenvalue weighted by Crippen LogP contribution is -2.73. The van der Waals surface area contributed by atoms with Crippen LogP contribution in [-0.4, -0.2) is 18.8 Å². The monoisotopic (exact) mass is 409 g/mol. The number of halogens is 3. The standard InChI is InChI=1S/C19H15F3N2O3S/c1-2-26-17(25)16-13-7-6-10-9-23-24-15(10)14(13)18(28-16)27-12-5-3-4-11(8-12)19(20,21)22/h3-5,8-9H,2,6-7H2,1H3,(H,23,24)/p+1. The van der Waals surface area contributed by atoms with E-state index in [1.54, 1.807) is 18.6 Å². The minimum Gasteiger partial charge on any atom is -0.462 e. The molecular weight excluding hydrogens is 393 g/mol. The Morgan fingerprint density at radius 1 is 1.32 bits per heavy atom. The molecule has 146 valence electrons. The van der Waals surface area contributed by atoms with Gasteiger partial charge in [-0.3, -0.25) is 0 Å². The molecule has 1 aliphatic heterocycles. The number of thiophene rings is 1. The van der Waals surface area contributed by atoms with E-state index in [0.717, 1.165) is 46.7 Å². The molecule has 1 aromatic carbocycles. The number of alkyl halides is 3. The average molecular weight is 409 g/mol. The van der Waals surface area contributed by atoms with Crippen LogP contribution in [-0.2, 0) is 17.3 Å². The van der Waals surface area contributed by atoms with Crippen LogP contribution in [0.5, 0.6) is 10.8 Å². The highest BCUT2D eigenvalue weighted by molar-refractivity contribution is 7.16. The van der Waals surface area contributed by atoms with Gasteiger partial charge in [0, 0.05) is 5.57 Å². The highest BCUT2D eigenvalue weighted by Gasteiger charge is 2.36. The lowest BCUT2D eigenvalue weighted by Gasteiger charge is -2.14. The van der Waals surface area contributed by atoms with Crippen molar-refractivity contribution in [3.63, 3.8) is 0 Å². The van der Waals surface area contributed by atoms with Crippen LogP contribution in [0.15, 0.2) is 34.9 Å². The minimum absolute atomic E-state index is 0.0564. The number of esters is 1. The largest absolute Gasteiger partial charge is 0.462 e. The Bertz CT molecular complexity index is 1010. The fourth-order valence-corrected chi connectivity index (χ4v) is 4.40. The summed E-state index contributed by atoms with van der Waals surface area (Å²) in [4.78, 5) is 12.8. The van der Waals surface area contributed by atoms with E-state index < -0.39 is 17.7 Å². The van der Waals surface area contributed by atoms with E-state index in [1.165, 1.54) is 12.1 Å². The maximum absolute atomic E-state index is 13.0. The molecule has 2 N–H and O–H groups in total. The summed E-state index contributed by atoms with van der Waals surface area (Å²) in [6.07, 6.45) is -1.36. The van der Waals surface area contributed by atoms with Crippen molar-refractivity contribution in [3.8, 4) is 10.8 Å². The van der Waals surface area contributed by atoms with Crippen molar-refractivity contribution in [1.82, 2.24) is 0 Å². The first-order valence-electron chi connectivity index (χ1n) is 8.66. The molecule has 5 nitrogen and oxygen atoms in total. The number of hydrogen-bond acceptors (Lipinski definition) is 5. The predicted octanol–water partition coefficient (Wildman–Crippen LogP) is 3.96. The second kappa shape index (κ2) is 7.06. The smallest absolute Gasteiger partial charge is 0.416 e. The number of rotatable bonds is 4. The maximum atomic E-state index is 13.0. The Labute approximate surface area is 162 Å². The average Bonchev–Trinajstić information content (AvgIpc) is 3.26. The molecule has 2 heterocycles. The Morgan fingerprint density at radius 3 is 2.89 bits per heavy atom. The first-order valence-corrected chi connectivity index (χ1v) is 9.48. The Balaban J connectivity index is 1.77. The van der Waals surface area contributed by atoms with Gasteiger partial charge < -0.3 is 9.47 Å². The zero-order valence-corrected chi connectivity index (χ0v) is 15.6. The number of carbonyl (C=O) groups is 1. The third kappa shape index (κ3) is 3.31. The van der Waals surface area contributed by atoms with E-state index in [0.29, 0.717) is 21.9 Å². The number of nitrogens with two attached hydrogens (primary N) is 1. The van der Waals surface area contributed by atoms with Crippen LogP contribution < -0.4 is 10.2 Å². The molecule has 0 amide bonds. The fraction of sp³-hybridized carbons (Fsp3) is 0.263. The molecule has 1 aromatic heterocycles. The SMILES string of the molecule is CCOC(=O)c1sc(Oc2cccc(C(F)(F)F)c2)c2c1CCC1=C2[NH2+]N=C1. The summed E-state index contributed by atoms with van der Waals surface area (Å²) in [6.45, 7) is 1.95. The number of fused-ring (bicyclic) bond motifs is 2. The molecule has 0 atom stereocenters. The second-order valence-electron chi connectivity index (χ2n) is 6.27. The van der Waals surface area contributed by atoms with Gasteiger partial charge in [-0.2, -0.15) is 18.6 Å². The molecule has 9 heteroatoms. The van der Waals surface area contributed by atoms with E-state index in [-0.39, 0.29) is 12.4 Å². The molecule has 0 spiro atoms. The second-order valence-corrected chi connectivity index (χ2v) is 7.25. The van der Waals surface area contributed by atoms with Crippen LogP contribution in [0.2, 0.25) is 0 Å². The Kier molecular flexibility index (Phi) is 4.72. The van der Waals surface area contributed by atoms with Gasteiger partial charge in [-0.25, -0.2) is 4.79 Å². The zero-order chi connectivity index (χ0) is 19.9. The van der Waals surface area contributed by atoms with Crippen LogP contribution in [0.4, 0.5) is 13.2 Å². The number of hydrogen-bond donors (Lipinski definition) is 1. The first-order chi connectivity index (χ1) is 13.4. The summed E-state index contributed by atoms with van der Waals surface area (Å²) in [7, 11) is 0. The van der Waals surface area contributed by atoms with Gasteiger partial charge in [-0.05, 0) is 43.5 Å². The van der Waals surface area contributed by atoms with Gasteiger partial charge >= 0.3 is 12.1 Å². The summed E-state index contributed by atoms with van der Waals surface area (Å²) >= 11 is 1.09. The van der Waals surface area contributed by atoms with E-state index in [9.17, 15) is 18.0 Å². The van der Waals surface area contributed by atoms with Crippen molar-refractivity contribution in [2.24, 2.45) is 5.10 Å². The van der Waals surface area contributed by atoms with Crippen molar-refractivity contribution in [2.45, 2.75) is 25.9 Å². The van der Waals surface area contributed by atoms with Crippen LogP contribution >= 0.6 is 11.3 Å². The van der Waals surface area contributed by atoms with Gasteiger partial charge in [0.2, 0.25) is 0 Å². The van der Waals surface area contributed by atoms with E-state index in [4.69, 9.17) is 9.47 Å². The Morgan fingerprint density at radius 2 is 2.14 bits per heavy atom. The lowest BCUT2D eigenvalue weighted by molar-refractivity contribution is -0.565. The summed E-state index contributed by atoms with van der Waals surface area (Å²) < 4.78 is 50.0. The third-order valence-electron chi connectivity index (χ3n) is 4.50. The molecule has 2 aromatic rings. The van der Waals surface area contributed by atoms with Crippen LogP contribution in [0.1, 0.15) is 39.7 Å². The molecule has 0 unspecified atom stereocenters. The van der Waals surface area contributed by atoms with E-state index in [2.05, 4.69) is 5.10 Å². The van der Waals surface area contributed by atoms with Crippen molar-refractivity contribution in [1.29, 1.82) is 0 Å². The zero-order valence-electron chi connectivity index (χ0n) is 14.8. The lowest BCUT2D eigenvalue weighted by atomic mass is 9.91. The highest BCUT2D eigenvalue weighted by atomic mass is 32.1. The van der Waals surface area contributed by atoms with Crippen LogP contribution in [0, 0.1) is 0 Å². The van der Waals surface area contributed by atoms with Crippen molar-refractivity contribution < 1.29 is 32.9 Å². The fourth-order valence-electron chi connectivity index (χ4n) is 3.27. The van der Waals surface area contributed by atoms with Crippen LogP contribution in [0.25, 0.3) is 5.70 Å². The molecule has 0 bridgehead atoms. The first kappa shape index (κ1) is 18.7. The minimum atomic E-state index is -4.47. The molecule has 2 aliphatic rings. The third-order valence-corrected chi connectivity index (χ3v) is 5.59. The highest BCUT2D eigenvalue weighted by Crippen LogP contribution is 2.45. The Hall–Kier alpha value is -2.65. The number of nitrogens with zero attached hydrogens (tertiary/aromatic N) is 1. The maximum Gasteiger partial charge on any atom is 0.416 e.